The van der Waals surface area contributed by atoms with Gasteiger partial charge in [-0.05, 0) is 37.1 Å². The molecule has 0 aliphatic rings. The fourth-order valence-corrected chi connectivity index (χ4v) is 2.50. The van der Waals surface area contributed by atoms with Crippen molar-refractivity contribution in [1.29, 1.82) is 0 Å². The number of methoxy groups -OCH3 is 1. The highest BCUT2D eigenvalue weighted by molar-refractivity contribution is 5.92. The predicted molar refractivity (Wildman–Crippen MR) is 104 cm³/mol. The zero-order valence-electron chi connectivity index (χ0n) is 16.2. The Bertz CT molecular complexity index is 566. The number of amides is 1. The van der Waals surface area contributed by atoms with Crippen molar-refractivity contribution in [2.24, 2.45) is 0 Å². The first kappa shape index (κ1) is 21.7. The third-order valence-corrected chi connectivity index (χ3v) is 4.02. The summed E-state index contributed by atoms with van der Waals surface area (Å²) in [4.78, 5) is 25.6. The molecule has 0 atom stereocenters. The SMILES string of the molecule is CCCCCCN(CCC(=O)OC)C(=O)/C=C/c1ccc(OCC)cc1. The number of hydrogen-bond acceptors (Lipinski definition) is 4. The lowest BCUT2D eigenvalue weighted by Crippen LogP contribution is -2.32. The number of hydrogen-bond donors (Lipinski definition) is 0. The van der Waals surface area contributed by atoms with Gasteiger partial charge in [0.25, 0.3) is 0 Å². The maximum Gasteiger partial charge on any atom is 0.307 e. The van der Waals surface area contributed by atoms with E-state index < -0.39 is 0 Å². The first-order chi connectivity index (χ1) is 12.6. The summed E-state index contributed by atoms with van der Waals surface area (Å²) >= 11 is 0. The Labute approximate surface area is 157 Å². The second-order valence-electron chi connectivity index (χ2n) is 6.05. The van der Waals surface area contributed by atoms with Gasteiger partial charge in [-0.3, -0.25) is 9.59 Å². The highest BCUT2D eigenvalue weighted by Crippen LogP contribution is 2.13. The fourth-order valence-electron chi connectivity index (χ4n) is 2.50. The van der Waals surface area contributed by atoms with Gasteiger partial charge in [-0.25, -0.2) is 0 Å². The van der Waals surface area contributed by atoms with Crippen molar-refractivity contribution in [1.82, 2.24) is 4.90 Å². The first-order valence-corrected chi connectivity index (χ1v) is 9.37. The summed E-state index contributed by atoms with van der Waals surface area (Å²) in [5, 5.41) is 0. The number of carbonyl (C=O) groups excluding carboxylic acids is 2. The molecule has 0 radical (unpaired) electrons. The van der Waals surface area contributed by atoms with Crippen LogP contribution in [-0.4, -0.2) is 43.6 Å². The third-order valence-electron chi connectivity index (χ3n) is 4.02. The summed E-state index contributed by atoms with van der Waals surface area (Å²) in [6.45, 7) is 5.76. The molecule has 5 heteroatoms. The van der Waals surface area contributed by atoms with Gasteiger partial charge < -0.3 is 14.4 Å². The van der Waals surface area contributed by atoms with Crippen molar-refractivity contribution >= 4 is 18.0 Å². The monoisotopic (exact) mass is 361 g/mol. The van der Waals surface area contributed by atoms with E-state index in [0.717, 1.165) is 37.0 Å². The van der Waals surface area contributed by atoms with Gasteiger partial charge in [0.15, 0.2) is 0 Å². The number of ether oxygens (including phenoxy) is 2. The predicted octanol–water partition coefficient (Wildman–Crippen LogP) is 4.07. The number of nitrogens with zero attached hydrogens (tertiary/aromatic N) is 1. The summed E-state index contributed by atoms with van der Waals surface area (Å²) in [5.41, 5.74) is 0.931. The lowest BCUT2D eigenvalue weighted by Gasteiger charge is -2.20. The van der Waals surface area contributed by atoms with Crippen LogP contribution < -0.4 is 4.74 Å². The van der Waals surface area contributed by atoms with Crippen molar-refractivity contribution in [3.63, 3.8) is 0 Å². The molecule has 0 aliphatic carbocycles. The van der Waals surface area contributed by atoms with Gasteiger partial charge in [-0.15, -0.1) is 0 Å². The molecular weight excluding hydrogens is 330 g/mol. The number of carbonyl (C=O) groups is 2. The van der Waals surface area contributed by atoms with E-state index in [0.29, 0.717) is 19.7 Å². The first-order valence-electron chi connectivity index (χ1n) is 9.37. The molecule has 1 rings (SSSR count). The minimum absolute atomic E-state index is 0.0840. The fraction of sp³-hybridized carbons (Fsp3) is 0.524. The zero-order chi connectivity index (χ0) is 19.2. The van der Waals surface area contributed by atoms with Crippen molar-refractivity contribution in [2.75, 3.05) is 26.8 Å². The lowest BCUT2D eigenvalue weighted by atomic mass is 10.2. The van der Waals surface area contributed by atoms with E-state index in [1.807, 2.05) is 31.2 Å². The van der Waals surface area contributed by atoms with Gasteiger partial charge in [0.05, 0.1) is 20.1 Å². The molecule has 144 valence electrons. The van der Waals surface area contributed by atoms with Gasteiger partial charge in [0.1, 0.15) is 5.75 Å². The molecule has 1 aromatic carbocycles. The molecule has 0 aliphatic heterocycles. The van der Waals surface area contributed by atoms with Crippen LogP contribution in [-0.2, 0) is 14.3 Å². The minimum Gasteiger partial charge on any atom is -0.494 e. The number of benzene rings is 1. The molecule has 0 unspecified atom stereocenters. The standard InChI is InChI=1S/C21H31NO4/c1-4-6-7-8-16-22(17-15-21(24)25-3)20(23)14-11-18-9-12-19(13-10-18)26-5-2/h9-14H,4-8,15-17H2,1-3H3/b14-11+. The van der Waals surface area contributed by atoms with E-state index in [4.69, 9.17) is 4.74 Å². The maximum absolute atomic E-state index is 12.5. The Hall–Kier alpha value is -2.30. The number of unbranched alkanes of at least 4 members (excludes halogenated alkanes) is 3. The molecule has 0 N–H and O–H groups in total. The second kappa shape index (κ2) is 13.0. The van der Waals surface area contributed by atoms with Crippen LogP contribution >= 0.6 is 0 Å². The van der Waals surface area contributed by atoms with Gasteiger partial charge in [-0.1, -0.05) is 38.3 Å². The Morgan fingerprint density at radius 1 is 1.04 bits per heavy atom. The topological polar surface area (TPSA) is 55.8 Å². The maximum atomic E-state index is 12.5. The van der Waals surface area contributed by atoms with Crippen LogP contribution in [0.4, 0.5) is 0 Å². The van der Waals surface area contributed by atoms with E-state index >= 15 is 0 Å². The zero-order valence-corrected chi connectivity index (χ0v) is 16.2. The van der Waals surface area contributed by atoms with Crippen LogP contribution in [0.1, 0.15) is 51.5 Å². The molecule has 0 bridgehead atoms. The molecule has 0 saturated heterocycles. The van der Waals surface area contributed by atoms with Crippen molar-refractivity contribution < 1.29 is 19.1 Å². The molecular formula is C21H31NO4. The molecule has 26 heavy (non-hydrogen) atoms. The largest absolute Gasteiger partial charge is 0.494 e. The molecule has 5 nitrogen and oxygen atoms in total. The summed E-state index contributed by atoms with van der Waals surface area (Å²) in [6, 6.07) is 7.59. The molecule has 0 fully saturated rings. The third kappa shape index (κ3) is 8.70. The normalized spacial score (nSPS) is 10.7. The number of esters is 1. The number of rotatable bonds is 12. The van der Waals surface area contributed by atoms with Gasteiger partial charge in [0, 0.05) is 19.2 Å². The molecule has 0 aromatic heterocycles. The Morgan fingerprint density at radius 3 is 2.38 bits per heavy atom. The minimum atomic E-state index is -0.299. The highest BCUT2D eigenvalue weighted by Gasteiger charge is 2.12. The van der Waals surface area contributed by atoms with E-state index in [1.165, 1.54) is 7.11 Å². The van der Waals surface area contributed by atoms with Crippen LogP contribution in [0, 0.1) is 0 Å². The van der Waals surface area contributed by atoms with E-state index in [1.54, 1.807) is 17.1 Å². The van der Waals surface area contributed by atoms with Crippen LogP contribution in [0.3, 0.4) is 0 Å². The summed E-state index contributed by atoms with van der Waals surface area (Å²) in [6.07, 6.45) is 7.89. The van der Waals surface area contributed by atoms with Gasteiger partial charge >= 0.3 is 5.97 Å². The van der Waals surface area contributed by atoms with Crippen LogP contribution in [0.25, 0.3) is 6.08 Å². The lowest BCUT2D eigenvalue weighted by molar-refractivity contribution is -0.141. The summed E-state index contributed by atoms with van der Waals surface area (Å²) in [5.74, 6) is 0.428. The van der Waals surface area contributed by atoms with Crippen LogP contribution in [0.15, 0.2) is 30.3 Å². The van der Waals surface area contributed by atoms with E-state index in [-0.39, 0.29) is 18.3 Å². The summed E-state index contributed by atoms with van der Waals surface area (Å²) < 4.78 is 10.1. The smallest absolute Gasteiger partial charge is 0.307 e. The molecule has 0 spiro atoms. The van der Waals surface area contributed by atoms with Crippen LogP contribution in [0.2, 0.25) is 0 Å². The Balaban J connectivity index is 2.64. The van der Waals surface area contributed by atoms with Gasteiger partial charge in [-0.2, -0.15) is 0 Å². The van der Waals surface area contributed by atoms with Crippen molar-refractivity contribution in [3.05, 3.63) is 35.9 Å². The molecule has 1 aromatic rings. The quantitative estimate of drug-likeness (QED) is 0.320. The molecule has 0 heterocycles. The van der Waals surface area contributed by atoms with E-state index in [2.05, 4.69) is 11.7 Å². The molecule has 0 saturated carbocycles. The average molecular weight is 361 g/mol. The average Bonchev–Trinajstić information content (AvgIpc) is 2.66. The van der Waals surface area contributed by atoms with Crippen molar-refractivity contribution in [3.8, 4) is 5.75 Å². The summed E-state index contributed by atoms with van der Waals surface area (Å²) in [7, 11) is 1.36. The van der Waals surface area contributed by atoms with Gasteiger partial charge in [0.2, 0.25) is 5.91 Å². The highest BCUT2D eigenvalue weighted by atomic mass is 16.5. The van der Waals surface area contributed by atoms with E-state index in [9.17, 15) is 9.59 Å². The van der Waals surface area contributed by atoms with Crippen molar-refractivity contribution in [2.45, 2.75) is 46.0 Å². The Kier molecular flexibility index (Phi) is 10.9. The Morgan fingerprint density at radius 2 is 1.77 bits per heavy atom. The van der Waals surface area contributed by atoms with Crippen LogP contribution in [0.5, 0.6) is 5.75 Å². The second-order valence-corrected chi connectivity index (χ2v) is 6.05. The molecule has 1 amide bonds.